The second-order valence-corrected chi connectivity index (χ2v) is 3.42. The number of hydrogen-bond donors (Lipinski definition) is 1. The second-order valence-electron chi connectivity index (χ2n) is 3.42. The van der Waals surface area contributed by atoms with Crippen LogP contribution in [0.4, 0.5) is 0 Å². The normalized spacial score (nSPS) is 10.4. The van der Waals surface area contributed by atoms with Crippen molar-refractivity contribution in [2.45, 2.75) is 6.92 Å². The van der Waals surface area contributed by atoms with Crippen LogP contribution in [-0.4, -0.2) is 22.1 Å². The van der Waals surface area contributed by atoms with Gasteiger partial charge in [0, 0.05) is 12.3 Å². The highest BCUT2D eigenvalue weighted by Crippen LogP contribution is 2.17. The van der Waals surface area contributed by atoms with E-state index in [9.17, 15) is 14.7 Å². The molecule has 88 valence electrons. The van der Waals surface area contributed by atoms with Gasteiger partial charge in [0.25, 0.3) is 5.56 Å². The Morgan fingerprint density at radius 1 is 1.47 bits per heavy atom. The van der Waals surface area contributed by atoms with Crippen molar-refractivity contribution in [2.24, 2.45) is 0 Å². The Bertz CT molecular complexity index is 630. The zero-order valence-corrected chi connectivity index (χ0v) is 9.21. The van der Waals surface area contributed by atoms with Crippen LogP contribution in [0.5, 0.6) is 5.75 Å². The van der Waals surface area contributed by atoms with Crippen LogP contribution in [0.2, 0.25) is 0 Å². The Morgan fingerprint density at radius 2 is 2.24 bits per heavy atom. The van der Waals surface area contributed by atoms with E-state index in [4.69, 9.17) is 4.74 Å². The summed E-state index contributed by atoms with van der Waals surface area (Å²) >= 11 is 0. The molecule has 0 aromatic carbocycles. The maximum Gasteiger partial charge on any atom is 0.343 e. The molecule has 2 aromatic heterocycles. The molecule has 0 unspecified atom stereocenters. The standard InChI is InChI=1S/C12H11NO4/c1-2-17-12(16)8-7-10(14)9-5-3-4-6-13(9)11(8)15/h3-7,14H,2H2,1H3. The maximum atomic E-state index is 11.9. The zero-order chi connectivity index (χ0) is 12.4. The number of hydrogen-bond acceptors (Lipinski definition) is 4. The fourth-order valence-electron chi connectivity index (χ4n) is 1.59. The summed E-state index contributed by atoms with van der Waals surface area (Å²) < 4.78 is 5.96. The van der Waals surface area contributed by atoms with Gasteiger partial charge in [0.2, 0.25) is 0 Å². The SMILES string of the molecule is CCOC(=O)c1cc(O)c2ccccn2c1=O. The molecule has 0 aliphatic carbocycles. The molecule has 5 nitrogen and oxygen atoms in total. The van der Waals surface area contributed by atoms with E-state index in [0.717, 1.165) is 6.07 Å². The molecule has 0 saturated carbocycles. The number of esters is 1. The molecule has 0 bridgehead atoms. The molecule has 17 heavy (non-hydrogen) atoms. The van der Waals surface area contributed by atoms with Gasteiger partial charge in [-0.25, -0.2) is 4.79 Å². The van der Waals surface area contributed by atoms with E-state index in [0.29, 0.717) is 5.52 Å². The number of pyridine rings is 2. The minimum absolute atomic E-state index is 0.131. The Kier molecular flexibility index (Phi) is 2.82. The van der Waals surface area contributed by atoms with Crippen molar-refractivity contribution in [3.63, 3.8) is 0 Å². The van der Waals surface area contributed by atoms with Crippen molar-refractivity contribution in [3.05, 3.63) is 46.4 Å². The van der Waals surface area contributed by atoms with Gasteiger partial charge in [0.05, 0.1) is 12.1 Å². The van der Waals surface area contributed by atoms with E-state index < -0.39 is 11.5 Å². The van der Waals surface area contributed by atoms with Crippen LogP contribution in [0.1, 0.15) is 17.3 Å². The van der Waals surface area contributed by atoms with Crippen LogP contribution in [0.3, 0.4) is 0 Å². The molecule has 0 atom stereocenters. The molecule has 0 aliphatic heterocycles. The molecule has 0 amide bonds. The fraction of sp³-hybridized carbons (Fsp3) is 0.167. The van der Waals surface area contributed by atoms with Crippen LogP contribution < -0.4 is 5.56 Å². The van der Waals surface area contributed by atoms with E-state index in [-0.39, 0.29) is 17.9 Å². The summed E-state index contributed by atoms with van der Waals surface area (Å²) in [5, 5.41) is 9.73. The molecule has 2 aromatic rings. The van der Waals surface area contributed by atoms with Gasteiger partial charge in [-0.2, -0.15) is 0 Å². The maximum absolute atomic E-state index is 11.9. The van der Waals surface area contributed by atoms with E-state index in [1.807, 2.05) is 0 Å². The summed E-state index contributed by atoms with van der Waals surface area (Å²) in [7, 11) is 0. The first kappa shape index (κ1) is 11.2. The van der Waals surface area contributed by atoms with Gasteiger partial charge >= 0.3 is 5.97 Å². The van der Waals surface area contributed by atoms with Crippen LogP contribution in [0.25, 0.3) is 5.52 Å². The Balaban J connectivity index is 2.71. The monoisotopic (exact) mass is 233 g/mol. The van der Waals surface area contributed by atoms with Crippen molar-refractivity contribution in [1.82, 2.24) is 4.40 Å². The predicted octanol–water partition coefficient (Wildman–Crippen LogP) is 1.18. The smallest absolute Gasteiger partial charge is 0.343 e. The number of aromatic hydroxyl groups is 1. The van der Waals surface area contributed by atoms with Gasteiger partial charge in [-0.1, -0.05) is 6.07 Å². The molecule has 5 heteroatoms. The molecule has 2 heterocycles. The third-order valence-corrected chi connectivity index (χ3v) is 2.35. The van der Waals surface area contributed by atoms with Gasteiger partial charge in [-0.15, -0.1) is 0 Å². The first-order chi connectivity index (χ1) is 8.15. The third kappa shape index (κ3) is 1.87. The van der Waals surface area contributed by atoms with Crippen molar-refractivity contribution >= 4 is 11.5 Å². The van der Waals surface area contributed by atoms with E-state index in [2.05, 4.69) is 0 Å². The van der Waals surface area contributed by atoms with E-state index in [1.165, 1.54) is 10.6 Å². The van der Waals surface area contributed by atoms with Gasteiger partial charge in [-0.3, -0.25) is 9.20 Å². The summed E-state index contributed by atoms with van der Waals surface area (Å²) in [4.78, 5) is 23.5. The molecule has 0 aliphatic rings. The topological polar surface area (TPSA) is 68.0 Å². The summed E-state index contributed by atoms with van der Waals surface area (Å²) in [6.45, 7) is 1.83. The minimum atomic E-state index is -0.731. The number of fused-ring (bicyclic) bond motifs is 1. The zero-order valence-electron chi connectivity index (χ0n) is 9.21. The van der Waals surface area contributed by atoms with Gasteiger partial charge in [0.15, 0.2) is 0 Å². The van der Waals surface area contributed by atoms with Crippen molar-refractivity contribution in [2.75, 3.05) is 6.61 Å². The van der Waals surface area contributed by atoms with Crippen molar-refractivity contribution < 1.29 is 14.6 Å². The molecular weight excluding hydrogens is 222 g/mol. The lowest BCUT2D eigenvalue weighted by Crippen LogP contribution is -2.23. The van der Waals surface area contributed by atoms with E-state index >= 15 is 0 Å². The molecule has 0 saturated heterocycles. The number of nitrogens with zero attached hydrogens (tertiary/aromatic N) is 1. The first-order valence-electron chi connectivity index (χ1n) is 5.15. The minimum Gasteiger partial charge on any atom is -0.506 e. The molecule has 0 fully saturated rings. The largest absolute Gasteiger partial charge is 0.506 e. The van der Waals surface area contributed by atoms with Crippen molar-refractivity contribution in [3.8, 4) is 5.75 Å². The van der Waals surface area contributed by atoms with Gasteiger partial charge in [-0.05, 0) is 19.1 Å². The summed E-state index contributed by atoms with van der Waals surface area (Å²) in [6, 6.07) is 6.06. The predicted molar refractivity (Wildman–Crippen MR) is 61.3 cm³/mol. The lowest BCUT2D eigenvalue weighted by Gasteiger charge is -2.06. The van der Waals surface area contributed by atoms with Crippen LogP contribution in [0.15, 0.2) is 35.3 Å². The second kappa shape index (κ2) is 4.29. The van der Waals surface area contributed by atoms with Crippen molar-refractivity contribution in [1.29, 1.82) is 0 Å². The Hall–Kier alpha value is -2.30. The fourth-order valence-corrected chi connectivity index (χ4v) is 1.59. The van der Waals surface area contributed by atoms with Gasteiger partial charge < -0.3 is 9.84 Å². The summed E-state index contributed by atoms with van der Waals surface area (Å²) in [5.74, 6) is -0.862. The number of aromatic nitrogens is 1. The Morgan fingerprint density at radius 3 is 2.94 bits per heavy atom. The lowest BCUT2D eigenvalue weighted by molar-refractivity contribution is 0.0523. The third-order valence-electron chi connectivity index (χ3n) is 2.35. The van der Waals surface area contributed by atoms with Crippen LogP contribution in [-0.2, 0) is 4.74 Å². The number of ether oxygens (including phenoxy) is 1. The average Bonchev–Trinajstić information content (AvgIpc) is 2.34. The summed E-state index contributed by atoms with van der Waals surface area (Å²) in [5.41, 5.74) is -0.324. The highest BCUT2D eigenvalue weighted by atomic mass is 16.5. The van der Waals surface area contributed by atoms with E-state index in [1.54, 1.807) is 25.1 Å². The number of carbonyl (C=O) groups excluding carboxylic acids is 1. The molecular formula is C12H11NO4. The molecule has 2 rings (SSSR count). The van der Waals surface area contributed by atoms with Gasteiger partial charge in [0.1, 0.15) is 11.3 Å². The highest BCUT2D eigenvalue weighted by Gasteiger charge is 2.15. The van der Waals surface area contributed by atoms with Crippen LogP contribution in [0, 0.1) is 0 Å². The number of rotatable bonds is 2. The average molecular weight is 233 g/mol. The molecule has 0 spiro atoms. The highest BCUT2D eigenvalue weighted by molar-refractivity contribution is 5.90. The molecule has 1 N–H and O–H groups in total. The molecule has 0 radical (unpaired) electrons. The van der Waals surface area contributed by atoms with Crippen LogP contribution >= 0.6 is 0 Å². The lowest BCUT2D eigenvalue weighted by atomic mass is 10.2. The summed E-state index contributed by atoms with van der Waals surface area (Å²) in [6.07, 6.45) is 1.49. The quantitative estimate of drug-likeness (QED) is 0.791. The first-order valence-corrected chi connectivity index (χ1v) is 5.15. The Labute approximate surface area is 96.9 Å². The number of carbonyl (C=O) groups is 1.